The van der Waals surface area contributed by atoms with Gasteiger partial charge in [-0.3, -0.25) is 4.79 Å². The van der Waals surface area contributed by atoms with E-state index >= 15 is 0 Å². The maximum absolute atomic E-state index is 11.7. The van der Waals surface area contributed by atoms with Crippen LogP contribution < -0.4 is 0 Å². The maximum atomic E-state index is 11.7. The van der Waals surface area contributed by atoms with Gasteiger partial charge in [0, 0.05) is 0 Å². The zero-order valence-corrected chi connectivity index (χ0v) is 8.90. The van der Waals surface area contributed by atoms with Crippen LogP contribution in [0.3, 0.4) is 0 Å². The summed E-state index contributed by atoms with van der Waals surface area (Å²) in [5.74, 6) is 1.74. The van der Waals surface area contributed by atoms with Crippen molar-refractivity contribution in [3.05, 3.63) is 12.2 Å². The molecule has 0 saturated heterocycles. The van der Waals surface area contributed by atoms with E-state index in [0.29, 0.717) is 24.4 Å². The van der Waals surface area contributed by atoms with E-state index in [4.69, 9.17) is 4.74 Å². The Balaban J connectivity index is 1.84. The van der Waals surface area contributed by atoms with Gasteiger partial charge < -0.3 is 4.74 Å². The summed E-state index contributed by atoms with van der Waals surface area (Å²) in [6.07, 6.45) is 6.62. The van der Waals surface area contributed by atoms with Crippen LogP contribution in [0, 0.1) is 23.7 Å². The van der Waals surface area contributed by atoms with Crippen molar-refractivity contribution in [2.45, 2.75) is 26.7 Å². The Labute approximate surface area is 85.3 Å². The molecule has 0 aromatic carbocycles. The zero-order valence-electron chi connectivity index (χ0n) is 8.90. The van der Waals surface area contributed by atoms with E-state index in [2.05, 4.69) is 26.0 Å². The van der Waals surface area contributed by atoms with Gasteiger partial charge in [-0.1, -0.05) is 26.0 Å². The molecule has 0 N–H and O–H groups in total. The number of allylic oxidation sites excluding steroid dienone is 2. The Kier molecular flexibility index (Phi) is 2.62. The highest BCUT2D eigenvalue weighted by Crippen LogP contribution is 2.43. The van der Waals surface area contributed by atoms with Gasteiger partial charge in [0.2, 0.25) is 0 Å². The summed E-state index contributed by atoms with van der Waals surface area (Å²) >= 11 is 0. The third-order valence-electron chi connectivity index (χ3n) is 3.14. The fraction of sp³-hybridized carbons (Fsp3) is 0.750. The quantitative estimate of drug-likeness (QED) is 0.509. The first-order valence-electron chi connectivity index (χ1n) is 5.51. The second kappa shape index (κ2) is 3.76. The first-order chi connectivity index (χ1) is 6.66. The van der Waals surface area contributed by atoms with Gasteiger partial charge in [0.15, 0.2) is 0 Å². The average molecular weight is 194 g/mol. The van der Waals surface area contributed by atoms with Crippen LogP contribution in [0.5, 0.6) is 0 Å². The van der Waals surface area contributed by atoms with Gasteiger partial charge in [0.1, 0.15) is 0 Å². The van der Waals surface area contributed by atoms with E-state index in [-0.39, 0.29) is 11.9 Å². The van der Waals surface area contributed by atoms with E-state index in [1.807, 2.05) is 0 Å². The fourth-order valence-corrected chi connectivity index (χ4v) is 2.41. The molecule has 0 spiro atoms. The third kappa shape index (κ3) is 1.84. The molecular formula is C12H18O2. The van der Waals surface area contributed by atoms with Crippen LogP contribution in [-0.4, -0.2) is 12.6 Å². The monoisotopic (exact) mass is 194 g/mol. The van der Waals surface area contributed by atoms with E-state index < -0.39 is 0 Å². The molecule has 2 bridgehead atoms. The van der Waals surface area contributed by atoms with E-state index in [1.165, 1.54) is 6.42 Å². The van der Waals surface area contributed by atoms with Crippen LogP contribution in [0.4, 0.5) is 0 Å². The van der Waals surface area contributed by atoms with Crippen molar-refractivity contribution >= 4 is 5.97 Å². The summed E-state index contributed by atoms with van der Waals surface area (Å²) in [6, 6.07) is 0. The number of esters is 1. The number of carbonyl (C=O) groups excluding carboxylic acids is 1. The predicted molar refractivity (Wildman–Crippen MR) is 54.6 cm³/mol. The molecule has 0 unspecified atom stereocenters. The molecule has 2 aliphatic carbocycles. The molecule has 0 radical (unpaired) electrons. The van der Waals surface area contributed by atoms with Gasteiger partial charge in [-0.2, -0.15) is 0 Å². The lowest BCUT2D eigenvalue weighted by atomic mass is 9.94. The number of fused-ring (bicyclic) bond motifs is 2. The van der Waals surface area contributed by atoms with Crippen LogP contribution in [0.25, 0.3) is 0 Å². The highest BCUT2D eigenvalue weighted by atomic mass is 16.5. The molecule has 0 aliphatic heterocycles. The van der Waals surface area contributed by atoms with Gasteiger partial charge in [0.25, 0.3) is 0 Å². The number of ether oxygens (including phenoxy) is 1. The molecular weight excluding hydrogens is 176 g/mol. The van der Waals surface area contributed by atoms with Gasteiger partial charge in [-0.05, 0) is 30.6 Å². The molecule has 1 saturated carbocycles. The van der Waals surface area contributed by atoms with Gasteiger partial charge in [0.05, 0.1) is 12.5 Å². The smallest absolute Gasteiger partial charge is 0.309 e. The lowest BCUT2D eigenvalue weighted by molar-refractivity contribution is -0.150. The third-order valence-corrected chi connectivity index (χ3v) is 3.14. The van der Waals surface area contributed by atoms with Crippen LogP contribution in [0.15, 0.2) is 12.2 Å². The first kappa shape index (κ1) is 9.75. The topological polar surface area (TPSA) is 26.3 Å². The van der Waals surface area contributed by atoms with Crippen LogP contribution in [-0.2, 0) is 9.53 Å². The molecule has 0 aromatic rings. The van der Waals surface area contributed by atoms with E-state index in [9.17, 15) is 4.79 Å². The average Bonchev–Trinajstić information content (AvgIpc) is 2.74. The Morgan fingerprint density at radius 2 is 2.21 bits per heavy atom. The first-order valence-corrected chi connectivity index (χ1v) is 5.51. The SMILES string of the molecule is CC(C)COC(=O)[C@@H]1C[C@@H]2C=C[C@H]1C2. The van der Waals surface area contributed by atoms with Gasteiger partial charge in [-0.15, -0.1) is 0 Å². The molecule has 2 aliphatic rings. The van der Waals surface area contributed by atoms with Crippen molar-refractivity contribution in [2.75, 3.05) is 6.61 Å². The summed E-state index contributed by atoms with van der Waals surface area (Å²) in [6.45, 7) is 4.69. The molecule has 2 nitrogen and oxygen atoms in total. The van der Waals surface area contributed by atoms with Gasteiger partial charge in [-0.25, -0.2) is 0 Å². The fourth-order valence-electron chi connectivity index (χ4n) is 2.41. The summed E-state index contributed by atoms with van der Waals surface area (Å²) < 4.78 is 5.27. The lowest BCUT2D eigenvalue weighted by Gasteiger charge is -2.17. The summed E-state index contributed by atoms with van der Waals surface area (Å²) in [5.41, 5.74) is 0. The summed E-state index contributed by atoms with van der Waals surface area (Å²) in [5, 5.41) is 0. The molecule has 0 heterocycles. The Morgan fingerprint density at radius 3 is 2.71 bits per heavy atom. The van der Waals surface area contributed by atoms with Crippen molar-refractivity contribution in [1.29, 1.82) is 0 Å². The minimum absolute atomic E-state index is 0.0237. The largest absolute Gasteiger partial charge is 0.465 e. The lowest BCUT2D eigenvalue weighted by Crippen LogP contribution is -2.23. The second-order valence-corrected chi connectivity index (χ2v) is 4.91. The van der Waals surface area contributed by atoms with Crippen molar-refractivity contribution < 1.29 is 9.53 Å². The Hall–Kier alpha value is -0.790. The molecule has 0 amide bonds. The highest BCUT2D eigenvalue weighted by Gasteiger charge is 2.40. The van der Waals surface area contributed by atoms with Crippen molar-refractivity contribution in [1.82, 2.24) is 0 Å². The molecule has 14 heavy (non-hydrogen) atoms. The minimum Gasteiger partial charge on any atom is -0.465 e. The van der Waals surface area contributed by atoms with Gasteiger partial charge >= 0.3 is 5.97 Å². The molecule has 78 valence electrons. The second-order valence-electron chi connectivity index (χ2n) is 4.91. The standard InChI is InChI=1S/C12H18O2/c1-8(2)7-14-12(13)11-6-9-3-4-10(11)5-9/h3-4,8-11H,5-7H2,1-2H3/t9-,10+,11-/m1/s1. The number of rotatable bonds is 3. The molecule has 2 heteroatoms. The van der Waals surface area contributed by atoms with E-state index in [0.717, 1.165) is 6.42 Å². The van der Waals surface area contributed by atoms with Crippen molar-refractivity contribution in [3.8, 4) is 0 Å². The minimum atomic E-state index is 0.0237. The van der Waals surface area contributed by atoms with Crippen LogP contribution in [0.1, 0.15) is 26.7 Å². The summed E-state index contributed by atoms with van der Waals surface area (Å²) in [4.78, 5) is 11.7. The molecule has 2 rings (SSSR count). The Morgan fingerprint density at radius 1 is 1.43 bits per heavy atom. The number of hydrogen-bond acceptors (Lipinski definition) is 2. The van der Waals surface area contributed by atoms with Crippen molar-refractivity contribution in [2.24, 2.45) is 23.7 Å². The number of hydrogen-bond donors (Lipinski definition) is 0. The zero-order chi connectivity index (χ0) is 10.1. The van der Waals surface area contributed by atoms with Crippen LogP contribution in [0.2, 0.25) is 0 Å². The maximum Gasteiger partial charge on any atom is 0.309 e. The number of carbonyl (C=O) groups is 1. The molecule has 0 aromatic heterocycles. The molecule has 3 atom stereocenters. The summed E-state index contributed by atoms with van der Waals surface area (Å²) in [7, 11) is 0. The van der Waals surface area contributed by atoms with Crippen molar-refractivity contribution in [3.63, 3.8) is 0 Å². The predicted octanol–water partition coefficient (Wildman–Crippen LogP) is 2.40. The normalized spacial score (nSPS) is 34.1. The Bertz CT molecular complexity index is 255. The highest BCUT2D eigenvalue weighted by molar-refractivity contribution is 5.74. The van der Waals surface area contributed by atoms with E-state index in [1.54, 1.807) is 0 Å². The van der Waals surface area contributed by atoms with Crippen LogP contribution >= 0.6 is 0 Å². The molecule has 1 fully saturated rings.